The first kappa shape index (κ1) is 21.4. The van der Waals surface area contributed by atoms with Crippen LogP contribution in [-0.2, 0) is 14.3 Å². The molecule has 2 N–H and O–H groups in total. The predicted molar refractivity (Wildman–Crippen MR) is 108 cm³/mol. The lowest BCUT2D eigenvalue weighted by molar-refractivity contribution is -0.125. The highest BCUT2D eigenvalue weighted by Gasteiger charge is 2.33. The van der Waals surface area contributed by atoms with E-state index in [1.54, 1.807) is 20.8 Å². The van der Waals surface area contributed by atoms with Crippen LogP contribution in [-0.4, -0.2) is 37.5 Å². The molecule has 0 bridgehead atoms. The Morgan fingerprint density at radius 1 is 0.929 bits per heavy atom. The number of alkyl carbamates (subject to hydrolysis) is 1. The van der Waals surface area contributed by atoms with E-state index in [0.717, 1.165) is 11.1 Å². The van der Waals surface area contributed by atoms with Gasteiger partial charge in [0, 0.05) is 13.0 Å². The van der Waals surface area contributed by atoms with Crippen molar-refractivity contribution >= 4 is 12.0 Å². The normalized spacial score (nSPS) is 12.3. The molecule has 0 saturated carbocycles. The second-order valence-corrected chi connectivity index (χ2v) is 7.40. The number of methoxy groups -OCH3 is 1. The van der Waals surface area contributed by atoms with Crippen molar-refractivity contribution < 1.29 is 19.1 Å². The average Bonchev–Trinajstić information content (AvgIpc) is 2.66. The number of carbonyl (C=O) groups excluding carboxylic acids is 2. The van der Waals surface area contributed by atoms with Crippen LogP contribution in [0.3, 0.4) is 0 Å². The number of amides is 2. The smallest absolute Gasteiger partial charge is 0.408 e. The summed E-state index contributed by atoms with van der Waals surface area (Å²) in [5, 5.41) is 5.44. The Hall–Kier alpha value is -2.86. The Morgan fingerprint density at radius 2 is 1.43 bits per heavy atom. The molecule has 0 spiro atoms. The van der Waals surface area contributed by atoms with Crippen LogP contribution < -0.4 is 10.6 Å². The summed E-state index contributed by atoms with van der Waals surface area (Å²) < 4.78 is 10.3. The zero-order valence-electron chi connectivity index (χ0n) is 16.8. The molecule has 0 aliphatic rings. The molecule has 6 heteroatoms. The van der Waals surface area contributed by atoms with E-state index in [2.05, 4.69) is 10.6 Å². The number of nitrogens with one attached hydrogen (secondary N) is 2. The summed E-state index contributed by atoms with van der Waals surface area (Å²) in [5.74, 6) is -0.753. The Kier molecular flexibility index (Phi) is 7.58. The molecule has 2 aromatic rings. The van der Waals surface area contributed by atoms with E-state index >= 15 is 0 Å². The number of hydrogen-bond donors (Lipinski definition) is 2. The summed E-state index contributed by atoms with van der Waals surface area (Å²) >= 11 is 0. The van der Waals surface area contributed by atoms with Crippen LogP contribution in [0.25, 0.3) is 0 Å². The van der Waals surface area contributed by atoms with Gasteiger partial charge in [-0.05, 0) is 31.9 Å². The second kappa shape index (κ2) is 9.90. The van der Waals surface area contributed by atoms with Gasteiger partial charge < -0.3 is 20.1 Å². The molecule has 1 atom stereocenters. The van der Waals surface area contributed by atoms with Crippen molar-refractivity contribution in [2.75, 3.05) is 13.8 Å². The molecule has 0 aromatic heterocycles. The Bertz CT molecular complexity index is 718. The highest BCUT2D eigenvalue weighted by Crippen LogP contribution is 2.28. The minimum absolute atomic E-state index is 0.0433. The molecule has 28 heavy (non-hydrogen) atoms. The first-order valence-corrected chi connectivity index (χ1v) is 9.18. The molecule has 0 fully saturated rings. The van der Waals surface area contributed by atoms with E-state index in [1.165, 1.54) is 7.11 Å². The number of hydrogen-bond acceptors (Lipinski definition) is 4. The van der Waals surface area contributed by atoms with Gasteiger partial charge in [-0.1, -0.05) is 60.7 Å². The maximum atomic E-state index is 12.9. The van der Waals surface area contributed by atoms with Crippen molar-refractivity contribution in [2.24, 2.45) is 0 Å². The van der Waals surface area contributed by atoms with Crippen LogP contribution in [0.4, 0.5) is 4.79 Å². The fraction of sp³-hybridized carbons (Fsp3) is 0.364. The highest BCUT2D eigenvalue weighted by atomic mass is 16.6. The van der Waals surface area contributed by atoms with Crippen LogP contribution >= 0.6 is 0 Å². The first-order chi connectivity index (χ1) is 13.3. The Morgan fingerprint density at radius 3 is 1.86 bits per heavy atom. The van der Waals surface area contributed by atoms with Gasteiger partial charge in [-0.3, -0.25) is 4.79 Å². The molecule has 0 radical (unpaired) electrons. The van der Waals surface area contributed by atoms with Crippen molar-refractivity contribution in [3.8, 4) is 0 Å². The lowest BCUT2D eigenvalue weighted by Crippen LogP contribution is -2.51. The lowest BCUT2D eigenvalue weighted by Gasteiger charge is -2.29. The average molecular weight is 384 g/mol. The van der Waals surface area contributed by atoms with Crippen LogP contribution in [0, 0.1) is 0 Å². The predicted octanol–water partition coefficient (Wildman–Crippen LogP) is 3.43. The monoisotopic (exact) mass is 384 g/mol. The van der Waals surface area contributed by atoms with E-state index in [4.69, 9.17) is 9.47 Å². The molecule has 0 heterocycles. The third kappa shape index (κ3) is 6.39. The summed E-state index contributed by atoms with van der Waals surface area (Å²) in [6, 6.07) is 18.3. The fourth-order valence-electron chi connectivity index (χ4n) is 2.89. The largest absolute Gasteiger partial charge is 0.444 e. The van der Waals surface area contributed by atoms with Gasteiger partial charge in [0.05, 0.1) is 0 Å². The summed E-state index contributed by atoms with van der Waals surface area (Å²) in [7, 11) is 1.49. The van der Waals surface area contributed by atoms with Gasteiger partial charge in [0.2, 0.25) is 5.91 Å². The zero-order chi connectivity index (χ0) is 20.6. The number of carbonyl (C=O) groups is 2. The molecular formula is C22H28N2O4. The topological polar surface area (TPSA) is 76.7 Å². The van der Waals surface area contributed by atoms with Crippen molar-refractivity contribution in [3.05, 3.63) is 71.8 Å². The van der Waals surface area contributed by atoms with Gasteiger partial charge >= 0.3 is 6.09 Å². The molecule has 0 saturated heterocycles. The van der Waals surface area contributed by atoms with Gasteiger partial charge in [-0.2, -0.15) is 0 Å². The Labute approximate surface area is 166 Å². The summed E-state index contributed by atoms with van der Waals surface area (Å²) in [5.41, 5.74) is 1.14. The molecule has 6 nitrogen and oxygen atoms in total. The SMILES string of the molecule is COCNC(=O)C(NC(=O)OC(C)(C)C)C(c1ccccc1)c1ccccc1. The first-order valence-electron chi connectivity index (χ1n) is 9.18. The van der Waals surface area contributed by atoms with Crippen molar-refractivity contribution in [2.45, 2.75) is 38.3 Å². The molecule has 0 aliphatic carbocycles. The molecule has 2 amide bonds. The molecule has 2 rings (SSSR count). The van der Waals surface area contributed by atoms with Crippen LogP contribution in [0.2, 0.25) is 0 Å². The number of ether oxygens (including phenoxy) is 2. The number of rotatable bonds is 7. The molecule has 2 aromatic carbocycles. The quantitative estimate of drug-likeness (QED) is 0.717. The van der Waals surface area contributed by atoms with Gasteiger partial charge in [0.25, 0.3) is 0 Å². The van der Waals surface area contributed by atoms with Crippen molar-refractivity contribution in [3.63, 3.8) is 0 Å². The fourth-order valence-corrected chi connectivity index (χ4v) is 2.89. The van der Waals surface area contributed by atoms with Gasteiger partial charge in [-0.15, -0.1) is 0 Å². The molecule has 150 valence electrons. The van der Waals surface area contributed by atoms with Gasteiger partial charge in [0.1, 0.15) is 18.4 Å². The number of benzene rings is 2. The van der Waals surface area contributed by atoms with Crippen molar-refractivity contribution in [1.29, 1.82) is 0 Å². The van der Waals surface area contributed by atoms with E-state index in [-0.39, 0.29) is 12.6 Å². The minimum atomic E-state index is -0.880. The molecular weight excluding hydrogens is 356 g/mol. The third-order valence-electron chi connectivity index (χ3n) is 4.00. The van der Waals surface area contributed by atoms with Gasteiger partial charge in [-0.25, -0.2) is 4.79 Å². The molecule has 0 aliphatic heterocycles. The van der Waals surface area contributed by atoms with Crippen LogP contribution in [0.15, 0.2) is 60.7 Å². The van der Waals surface area contributed by atoms with E-state index in [1.807, 2.05) is 60.7 Å². The second-order valence-electron chi connectivity index (χ2n) is 7.40. The minimum Gasteiger partial charge on any atom is -0.444 e. The third-order valence-corrected chi connectivity index (χ3v) is 4.00. The summed E-state index contributed by atoms with van der Waals surface area (Å²) in [4.78, 5) is 25.4. The maximum absolute atomic E-state index is 12.9. The van der Waals surface area contributed by atoms with Crippen LogP contribution in [0.1, 0.15) is 37.8 Å². The van der Waals surface area contributed by atoms with E-state index in [9.17, 15) is 9.59 Å². The highest BCUT2D eigenvalue weighted by molar-refractivity contribution is 5.87. The lowest BCUT2D eigenvalue weighted by atomic mass is 9.84. The maximum Gasteiger partial charge on any atom is 0.408 e. The van der Waals surface area contributed by atoms with Gasteiger partial charge in [0.15, 0.2) is 0 Å². The standard InChI is InChI=1S/C22H28N2O4/c1-22(2,3)28-21(26)24-19(20(25)23-15-27-4)18(16-11-7-5-8-12-16)17-13-9-6-10-14-17/h5-14,18-19H,15H2,1-4H3,(H,23,25)(H,24,26). The van der Waals surface area contributed by atoms with E-state index < -0.39 is 23.7 Å². The summed E-state index contributed by atoms with van der Waals surface area (Å²) in [6.07, 6.45) is -0.651. The zero-order valence-corrected chi connectivity index (χ0v) is 16.8. The van der Waals surface area contributed by atoms with Crippen LogP contribution in [0.5, 0.6) is 0 Å². The Balaban J connectivity index is 2.42. The summed E-state index contributed by atoms with van der Waals surface area (Å²) in [6.45, 7) is 5.37. The van der Waals surface area contributed by atoms with E-state index in [0.29, 0.717) is 0 Å². The molecule has 1 unspecified atom stereocenters. The van der Waals surface area contributed by atoms with Crippen molar-refractivity contribution in [1.82, 2.24) is 10.6 Å².